The van der Waals surface area contributed by atoms with Gasteiger partial charge in [0.25, 0.3) is 5.91 Å². The molecule has 5 heteroatoms. The standard InChI is InChI=1S/C17H25N3O2/c1-12-10-15(17(22)19-9-8-18-16(21)11-19)13(2)20(12)14-6-4-3-5-7-14/h10,14H,3-9,11H2,1-2H3,(H,18,21). The lowest BCUT2D eigenvalue weighted by Gasteiger charge is -2.28. The first kappa shape index (κ1) is 15.1. The number of carbonyl (C=O) groups is 2. The topological polar surface area (TPSA) is 54.3 Å². The molecular weight excluding hydrogens is 278 g/mol. The zero-order chi connectivity index (χ0) is 15.7. The Morgan fingerprint density at radius 1 is 1.23 bits per heavy atom. The highest BCUT2D eigenvalue weighted by atomic mass is 16.2. The van der Waals surface area contributed by atoms with Gasteiger partial charge in [0.1, 0.15) is 0 Å². The van der Waals surface area contributed by atoms with Crippen LogP contribution in [-0.4, -0.2) is 40.9 Å². The SMILES string of the molecule is Cc1cc(C(=O)N2CCNC(=O)C2)c(C)n1C1CCCCC1. The fourth-order valence-corrected chi connectivity index (χ4v) is 3.88. The van der Waals surface area contributed by atoms with Crippen molar-refractivity contribution >= 4 is 11.8 Å². The summed E-state index contributed by atoms with van der Waals surface area (Å²) >= 11 is 0. The van der Waals surface area contributed by atoms with Gasteiger partial charge in [-0.2, -0.15) is 0 Å². The first-order valence-electron chi connectivity index (χ1n) is 8.32. The van der Waals surface area contributed by atoms with E-state index in [0.717, 1.165) is 17.0 Å². The summed E-state index contributed by atoms with van der Waals surface area (Å²) in [7, 11) is 0. The van der Waals surface area contributed by atoms with Gasteiger partial charge in [-0.1, -0.05) is 19.3 Å². The molecule has 2 aliphatic rings. The lowest BCUT2D eigenvalue weighted by Crippen LogP contribution is -2.50. The molecule has 2 heterocycles. The quantitative estimate of drug-likeness (QED) is 0.910. The second-order valence-electron chi connectivity index (χ2n) is 6.52. The number of aromatic nitrogens is 1. The van der Waals surface area contributed by atoms with Crippen molar-refractivity contribution in [1.29, 1.82) is 0 Å². The summed E-state index contributed by atoms with van der Waals surface area (Å²) in [6.07, 6.45) is 6.28. The Balaban J connectivity index is 1.85. The number of nitrogens with zero attached hydrogens (tertiary/aromatic N) is 2. The van der Waals surface area contributed by atoms with Crippen molar-refractivity contribution in [3.05, 3.63) is 23.0 Å². The highest BCUT2D eigenvalue weighted by Crippen LogP contribution is 2.32. The molecule has 120 valence electrons. The van der Waals surface area contributed by atoms with Crippen LogP contribution in [0, 0.1) is 13.8 Å². The van der Waals surface area contributed by atoms with E-state index < -0.39 is 0 Å². The molecule has 0 bridgehead atoms. The van der Waals surface area contributed by atoms with E-state index in [0.29, 0.717) is 19.1 Å². The molecule has 1 aliphatic carbocycles. The molecular formula is C17H25N3O2. The Bertz CT molecular complexity index is 585. The minimum Gasteiger partial charge on any atom is -0.353 e. The molecule has 1 N–H and O–H groups in total. The maximum atomic E-state index is 12.7. The zero-order valence-corrected chi connectivity index (χ0v) is 13.5. The van der Waals surface area contributed by atoms with Crippen LogP contribution in [-0.2, 0) is 4.79 Å². The highest BCUT2D eigenvalue weighted by Gasteiger charge is 2.27. The van der Waals surface area contributed by atoms with Crippen molar-refractivity contribution in [3.63, 3.8) is 0 Å². The normalized spacial score (nSPS) is 20.1. The number of amides is 2. The minimum absolute atomic E-state index is 0.00925. The summed E-state index contributed by atoms with van der Waals surface area (Å²) in [5.74, 6) is -0.0781. The van der Waals surface area contributed by atoms with Crippen LogP contribution in [0.15, 0.2) is 6.07 Å². The first-order chi connectivity index (χ1) is 10.6. The van der Waals surface area contributed by atoms with E-state index in [9.17, 15) is 9.59 Å². The minimum atomic E-state index is -0.0688. The molecule has 1 aliphatic heterocycles. The van der Waals surface area contributed by atoms with Crippen LogP contribution in [0.25, 0.3) is 0 Å². The van der Waals surface area contributed by atoms with Gasteiger partial charge >= 0.3 is 0 Å². The molecule has 0 aromatic carbocycles. The van der Waals surface area contributed by atoms with Gasteiger partial charge in [0, 0.05) is 30.5 Å². The van der Waals surface area contributed by atoms with Gasteiger partial charge in [0.15, 0.2) is 0 Å². The molecule has 0 spiro atoms. The molecule has 1 saturated heterocycles. The van der Waals surface area contributed by atoms with Gasteiger partial charge < -0.3 is 14.8 Å². The van der Waals surface area contributed by atoms with Crippen LogP contribution < -0.4 is 5.32 Å². The lowest BCUT2D eigenvalue weighted by molar-refractivity contribution is -0.123. The summed E-state index contributed by atoms with van der Waals surface area (Å²) in [5, 5.41) is 2.76. The largest absolute Gasteiger partial charge is 0.353 e. The average molecular weight is 303 g/mol. The van der Waals surface area contributed by atoms with Crippen LogP contribution >= 0.6 is 0 Å². The third kappa shape index (κ3) is 2.76. The number of piperazine rings is 1. The third-order valence-corrected chi connectivity index (χ3v) is 4.98. The summed E-state index contributed by atoms with van der Waals surface area (Å²) in [5.41, 5.74) is 2.98. The summed E-state index contributed by atoms with van der Waals surface area (Å²) in [6.45, 7) is 5.44. The number of aryl methyl sites for hydroxylation is 1. The first-order valence-corrected chi connectivity index (χ1v) is 8.32. The molecule has 0 radical (unpaired) electrons. The van der Waals surface area contributed by atoms with Gasteiger partial charge in [-0.3, -0.25) is 9.59 Å². The van der Waals surface area contributed by atoms with Crippen LogP contribution in [0.3, 0.4) is 0 Å². The molecule has 2 fully saturated rings. The fraction of sp³-hybridized carbons (Fsp3) is 0.647. The van der Waals surface area contributed by atoms with Gasteiger partial charge in [-0.25, -0.2) is 0 Å². The Morgan fingerprint density at radius 2 is 1.95 bits per heavy atom. The summed E-state index contributed by atoms with van der Waals surface area (Å²) < 4.78 is 2.34. The third-order valence-electron chi connectivity index (χ3n) is 4.98. The number of nitrogens with one attached hydrogen (secondary N) is 1. The molecule has 0 atom stereocenters. The van der Waals surface area contributed by atoms with Crippen LogP contribution in [0.2, 0.25) is 0 Å². The average Bonchev–Trinajstić information content (AvgIpc) is 2.82. The Hall–Kier alpha value is -1.78. The maximum Gasteiger partial charge on any atom is 0.256 e. The van der Waals surface area contributed by atoms with Crippen LogP contribution in [0.4, 0.5) is 0 Å². The van der Waals surface area contributed by atoms with E-state index in [2.05, 4.69) is 16.8 Å². The van der Waals surface area contributed by atoms with Crippen molar-refractivity contribution < 1.29 is 9.59 Å². The molecule has 1 saturated carbocycles. The smallest absolute Gasteiger partial charge is 0.256 e. The van der Waals surface area contributed by atoms with Gasteiger partial charge in [-0.15, -0.1) is 0 Å². The predicted molar refractivity (Wildman–Crippen MR) is 84.9 cm³/mol. The number of carbonyl (C=O) groups excluding carboxylic acids is 2. The van der Waals surface area contributed by atoms with Gasteiger partial charge in [0.05, 0.1) is 12.1 Å². The second kappa shape index (κ2) is 6.15. The van der Waals surface area contributed by atoms with Gasteiger partial charge in [-0.05, 0) is 32.8 Å². The van der Waals surface area contributed by atoms with E-state index in [1.165, 1.54) is 32.1 Å². The summed E-state index contributed by atoms with van der Waals surface area (Å²) in [6, 6.07) is 2.53. The van der Waals surface area contributed by atoms with Crippen molar-refractivity contribution in [2.75, 3.05) is 19.6 Å². The molecule has 1 aromatic rings. The molecule has 2 amide bonds. The molecule has 3 rings (SSSR count). The van der Waals surface area contributed by atoms with Crippen molar-refractivity contribution in [1.82, 2.24) is 14.8 Å². The zero-order valence-electron chi connectivity index (χ0n) is 13.5. The fourth-order valence-electron chi connectivity index (χ4n) is 3.88. The van der Waals surface area contributed by atoms with Crippen LogP contribution in [0.5, 0.6) is 0 Å². The van der Waals surface area contributed by atoms with Crippen molar-refractivity contribution in [2.45, 2.75) is 52.0 Å². The highest BCUT2D eigenvalue weighted by molar-refractivity contribution is 5.98. The predicted octanol–water partition coefficient (Wildman–Crippen LogP) is 2.18. The molecule has 1 aromatic heterocycles. The lowest BCUT2D eigenvalue weighted by atomic mass is 9.95. The summed E-state index contributed by atoms with van der Waals surface area (Å²) in [4.78, 5) is 25.9. The number of hydrogen-bond acceptors (Lipinski definition) is 2. The van der Waals surface area contributed by atoms with E-state index in [-0.39, 0.29) is 18.4 Å². The van der Waals surface area contributed by atoms with Crippen molar-refractivity contribution in [2.24, 2.45) is 0 Å². The molecule has 22 heavy (non-hydrogen) atoms. The monoisotopic (exact) mass is 303 g/mol. The van der Waals surface area contributed by atoms with Gasteiger partial charge in [0.2, 0.25) is 5.91 Å². The Morgan fingerprint density at radius 3 is 2.64 bits per heavy atom. The Labute approximate surface area is 131 Å². The number of rotatable bonds is 2. The van der Waals surface area contributed by atoms with Crippen LogP contribution in [0.1, 0.15) is 59.9 Å². The van der Waals surface area contributed by atoms with E-state index in [4.69, 9.17) is 0 Å². The van der Waals surface area contributed by atoms with Crippen molar-refractivity contribution in [3.8, 4) is 0 Å². The van der Waals surface area contributed by atoms with E-state index in [1.54, 1.807) is 4.90 Å². The van der Waals surface area contributed by atoms with E-state index >= 15 is 0 Å². The molecule has 0 unspecified atom stereocenters. The number of hydrogen-bond donors (Lipinski definition) is 1. The van der Waals surface area contributed by atoms with E-state index in [1.807, 2.05) is 13.0 Å². The molecule has 5 nitrogen and oxygen atoms in total. The second-order valence-corrected chi connectivity index (χ2v) is 6.52. The maximum absolute atomic E-state index is 12.7. The Kier molecular flexibility index (Phi) is 4.23.